The Morgan fingerprint density at radius 3 is 2.63 bits per heavy atom. The van der Waals surface area contributed by atoms with Crippen molar-refractivity contribution in [1.82, 2.24) is 5.32 Å². The number of carbonyl (C=O) groups is 2. The minimum Gasteiger partial charge on any atom is -0.369 e. The van der Waals surface area contributed by atoms with Crippen molar-refractivity contribution in [2.75, 3.05) is 6.54 Å². The molecule has 0 saturated heterocycles. The van der Waals surface area contributed by atoms with Crippen molar-refractivity contribution >= 4 is 11.8 Å². The Morgan fingerprint density at radius 2 is 1.95 bits per heavy atom. The Morgan fingerprint density at radius 1 is 1.21 bits per heavy atom. The molecular weight excluding hydrogens is 240 g/mol. The number of benzene rings is 1. The quantitative estimate of drug-likeness (QED) is 0.865. The molecule has 1 aromatic rings. The van der Waals surface area contributed by atoms with Crippen LogP contribution in [0.3, 0.4) is 0 Å². The monoisotopic (exact) mass is 260 g/mol. The molecule has 0 aromatic heterocycles. The van der Waals surface area contributed by atoms with Gasteiger partial charge in [-0.3, -0.25) is 9.59 Å². The second-order valence-corrected chi connectivity index (χ2v) is 5.21. The van der Waals surface area contributed by atoms with E-state index in [4.69, 9.17) is 5.73 Å². The first-order chi connectivity index (χ1) is 9.16. The molecule has 2 rings (SSSR count). The van der Waals surface area contributed by atoms with E-state index in [0.29, 0.717) is 18.0 Å². The molecular formula is C15H20N2O2. The third-order valence-corrected chi connectivity index (χ3v) is 3.77. The normalized spacial score (nSPS) is 22.7. The molecule has 3 N–H and O–H groups in total. The van der Waals surface area contributed by atoms with E-state index < -0.39 is 0 Å². The summed E-state index contributed by atoms with van der Waals surface area (Å²) in [5.41, 5.74) is 6.02. The summed E-state index contributed by atoms with van der Waals surface area (Å²) in [6.45, 7) is 0.623. The number of hydrogen-bond acceptors (Lipinski definition) is 2. The van der Waals surface area contributed by atoms with Gasteiger partial charge >= 0.3 is 0 Å². The summed E-state index contributed by atoms with van der Waals surface area (Å²) in [7, 11) is 0. The molecule has 0 bridgehead atoms. The molecule has 1 saturated carbocycles. The Balaban J connectivity index is 1.82. The van der Waals surface area contributed by atoms with Crippen molar-refractivity contribution < 1.29 is 9.59 Å². The van der Waals surface area contributed by atoms with Crippen molar-refractivity contribution in [3.63, 3.8) is 0 Å². The van der Waals surface area contributed by atoms with Crippen LogP contribution in [0.5, 0.6) is 0 Å². The second-order valence-electron chi connectivity index (χ2n) is 5.21. The van der Waals surface area contributed by atoms with E-state index in [2.05, 4.69) is 5.32 Å². The molecule has 1 aliphatic carbocycles. The topological polar surface area (TPSA) is 72.2 Å². The van der Waals surface area contributed by atoms with Crippen LogP contribution >= 0.6 is 0 Å². The summed E-state index contributed by atoms with van der Waals surface area (Å²) in [4.78, 5) is 23.1. The number of nitrogens with two attached hydrogens (primary N) is 1. The lowest BCUT2D eigenvalue weighted by atomic mass is 9.81. The average molecular weight is 260 g/mol. The Bertz CT molecular complexity index is 445. The molecule has 1 fully saturated rings. The maximum Gasteiger partial charge on any atom is 0.251 e. The van der Waals surface area contributed by atoms with E-state index in [1.807, 2.05) is 18.2 Å². The van der Waals surface area contributed by atoms with E-state index >= 15 is 0 Å². The number of hydrogen-bond donors (Lipinski definition) is 2. The first kappa shape index (κ1) is 13.6. The van der Waals surface area contributed by atoms with Crippen molar-refractivity contribution in [3.8, 4) is 0 Å². The lowest BCUT2D eigenvalue weighted by molar-refractivity contribution is -0.123. The molecule has 4 heteroatoms. The van der Waals surface area contributed by atoms with E-state index in [9.17, 15) is 9.59 Å². The van der Waals surface area contributed by atoms with Crippen molar-refractivity contribution in [2.24, 2.45) is 17.6 Å². The Hall–Kier alpha value is -1.84. The maximum atomic E-state index is 11.9. The van der Waals surface area contributed by atoms with Gasteiger partial charge in [0.25, 0.3) is 5.91 Å². The first-order valence-corrected chi connectivity index (χ1v) is 6.79. The largest absolute Gasteiger partial charge is 0.369 e. The van der Waals surface area contributed by atoms with E-state index in [1.54, 1.807) is 12.1 Å². The summed E-state index contributed by atoms with van der Waals surface area (Å²) < 4.78 is 0. The fraction of sp³-hybridized carbons (Fsp3) is 0.467. The fourth-order valence-electron chi connectivity index (χ4n) is 2.66. The van der Waals surface area contributed by atoms with Gasteiger partial charge in [-0.05, 0) is 37.3 Å². The highest BCUT2D eigenvalue weighted by atomic mass is 16.2. The smallest absolute Gasteiger partial charge is 0.251 e. The fourth-order valence-corrected chi connectivity index (χ4v) is 2.66. The van der Waals surface area contributed by atoms with Crippen LogP contribution in [-0.4, -0.2) is 18.4 Å². The summed E-state index contributed by atoms with van der Waals surface area (Å²) in [6.07, 6.45) is 3.75. The third kappa shape index (κ3) is 3.81. The summed E-state index contributed by atoms with van der Waals surface area (Å²) >= 11 is 0. The SMILES string of the molecule is NC(=O)C1CCCC(CNC(=O)c2ccccc2)C1. The van der Waals surface area contributed by atoms with E-state index in [0.717, 1.165) is 25.7 Å². The van der Waals surface area contributed by atoms with Crippen LogP contribution in [0.15, 0.2) is 30.3 Å². The van der Waals surface area contributed by atoms with Crippen LogP contribution in [0.4, 0.5) is 0 Å². The third-order valence-electron chi connectivity index (χ3n) is 3.77. The highest BCUT2D eigenvalue weighted by Crippen LogP contribution is 2.28. The van der Waals surface area contributed by atoms with Gasteiger partial charge in [0.2, 0.25) is 5.91 Å². The number of rotatable bonds is 4. The molecule has 0 spiro atoms. The number of primary amides is 1. The highest BCUT2D eigenvalue weighted by molar-refractivity contribution is 5.94. The molecule has 2 atom stereocenters. The minimum absolute atomic E-state index is 0.0209. The molecule has 102 valence electrons. The van der Waals surface area contributed by atoms with Gasteiger partial charge in [0.1, 0.15) is 0 Å². The number of carbonyl (C=O) groups excluding carboxylic acids is 2. The van der Waals surface area contributed by atoms with Crippen LogP contribution in [0.1, 0.15) is 36.0 Å². The predicted octanol–water partition coefficient (Wildman–Crippen LogP) is 1.71. The van der Waals surface area contributed by atoms with Gasteiger partial charge in [-0.15, -0.1) is 0 Å². The van der Waals surface area contributed by atoms with Gasteiger partial charge in [-0.1, -0.05) is 24.6 Å². The molecule has 0 aliphatic heterocycles. The lowest BCUT2D eigenvalue weighted by Crippen LogP contribution is -2.35. The summed E-state index contributed by atoms with van der Waals surface area (Å²) in [6, 6.07) is 9.16. The van der Waals surface area contributed by atoms with Gasteiger partial charge in [0.05, 0.1) is 0 Å². The molecule has 2 amide bonds. The Labute approximate surface area is 113 Å². The first-order valence-electron chi connectivity index (χ1n) is 6.79. The Kier molecular flexibility index (Phi) is 4.55. The summed E-state index contributed by atoms with van der Waals surface area (Å²) in [5, 5.41) is 2.94. The lowest BCUT2D eigenvalue weighted by Gasteiger charge is -2.27. The van der Waals surface area contributed by atoms with Crippen LogP contribution in [0.25, 0.3) is 0 Å². The molecule has 19 heavy (non-hydrogen) atoms. The molecule has 1 aliphatic rings. The number of amides is 2. The zero-order valence-electron chi connectivity index (χ0n) is 11.0. The standard InChI is InChI=1S/C15H20N2O2/c16-14(18)13-8-4-5-11(9-13)10-17-15(19)12-6-2-1-3-7-12/h1-3,6-7,11,13H,4-5,8-10H2,(H2,16,18)(H,17,19). The minimum atomic E-state index is -0.209. The van der Waals surface area contributed by atoms with Gasteiger partial charge in [-0.2, -0.15) is 0 Å². The molecule has 0 heterocycles. The van der Waals surface area contributed by atoms with Gasteiger partial charge < -0.3 is 11.1 Å². The highest BCUT2D eigenvalue weighted by Gasteiger charge is 2.25. The van der Waals surface area contributed by atoms with Crippen molar-refractivity contribution in [2.45, 2.75) is 25.7 Å². The zero-order chi connectivity index (χ0) is 13.7. The molecule has 0 radical (unpaired) electrons. The van der Waals surface area contributed by atoms with Gasteiger partial charge in [0.15, 0.2) is 0 Å². The molecule has 2 unspecified atom stereocenters. The van der Waals surface area contributed by atoms with Crippen LogP contribution in [-0.2, 0) is 4.79 Å². The van der Waals surface area contributed by atoms with Crippen LogP contribution in [0.2, 0.25) is 0 Å². The maximum absolute atomic E-state index is 11.9. The van der Waals surface area contributed by atoms with E-state index in [1.165, 1.54) is 0 Å². The van der Waals surface area contributed by atoms with Crippen LogP contribution < -0.4 is 11.1 Å². The van der Waals surface area contributed by atoms with Crippen LogP contribution in [0, 0.1) is 11.8 Å². The van der Waals surface area contributed by atoms with E-state index in [-0.39, 0.29) is 17.7 Å². The van der Waals surface area contributed by atoms with Gasteiger partial charge in [-0.25, -0.2) is 0 Å². The summed E-state index contributed by atoms with van der Waals surface area (Å²) in [5.74, 6) is 0.0761. The molecule has 4 nitrogen and oxygen atoms in total. The van der Waals surface area contributed by atoms with Crippen molar-refractivity contribution in [3.05, 3.63) is 35.9 Å². The zero-order valence-corrected chi connectivity index (χ0v) is 11.0. The molecule has 1 aromatic carbocycles. The predicted molar refractivity (Wildman–Crippen MR) is 73.4 cm³/mol. The number of nitrogens with one attached hydrogen (secondary N) is 1. The second kappa shape index (κ2) is 6.36. The van der Waals surface area contributed by atoms with Gasteiger partial charge in [0, 0.05) is 18.0 Å². The van der Waals surface area contributed by atoms with Crippen molar-refractivity contribution in [1.29, 1.82) is 0 Å². The average Bonchev–Trinajstić information content (AvgIpc) is 2.46.